The van der Waals surface area contributed by atoms with Gasteiger partial charge < -0.3 is 4.74 Å². The molecular weight excluding hydrogens is 396 g/mol. The normalized spacial score (nSPS) is 12.4. The van der Waals surface area contributed by atoms with Gasteiger partial charge in [-0.25, -0.2) is 13.9 Å². The summed E-state index contributed by atoms with van der Waals surface area (Å²) < 4.78 is 28.4. The van der Waals surface area contributed by atoms with Crippen LogP contribution in [0.1, 0.15) is 11.3 Å². The van der Waals surface area contributed by atoms with Gasteiger partial charge in [-0.1, -0.05) is 12.1 Å². The molecule has 0 saturated heterocycles. The molecule has 0 bridgehead atoms. The minimum atomic E-state index is -2.10. The van der Waals surface area contributed by atoms with Crippen LogP contribution in [0.2, 0.25) is 0 Å². The summed E-state index contributed by atoms with van der Waals surface area (Å²) in [6, 6.07) is 9.79. The quantitative estimate of drug-likeness (QED) is 0.416. The molecule has 1 unspecified atom stereocenters. The molecule has 0 aliphatic rings. The second kappa shape index (κ2) is 7.80. The van der Waals surface area contributed by atoms with Crippen molar-refractivity contribution in [2.45, 2.75) is 13.5 Å². The number of aromatic amines is 1. The van der Waals surface area contributed by atoms with Crippen LogP contribution in [0, 0.1) is 6.92 Å². The third-order valence-corrected chi connectivity index (χ3v) is 5.90. The molecule has 0 saturated carbocycles. The van der Waals surface area contributed by atoms with E-state index in [-0.39, 0.29) is 6.54 Å². The highest BCUT2D eigenvalue weighted by Gasteiger charge is 2.21. The molecule has 0 spiro atoms. The molecule has 0 aliphatic carbocycles. The van der Waals surface area contributed by atoms with Crippen LogP contribution in [-0.4, -0.2) is 31.1 Å². The zero-order chi connectivity index (χ0) is 19.7. The van der Waals surface area contributed by atoms with Crippen molar-refractivity contribution in [1.82, 2.24) is 19.9 Å². The first-order valence-corrected chi connectivity index (χ1v) is 10.4. The molecule has 0 fully saturated rings. The van der Waals surface area contributed by atoms with Gasteiger partial charge in [0, 0.05) is 39.8 Å². The number of pyridine rings is 1. The minimum Gasteiger partial charge on any atom is -0.497 e. The molecule has 4 aromatic rings. The van der Waals surface area contributed by atoms with E-state index in [2.05, 4.69) is 14.9 Å². The van der Waals surface area contributed by atoms with E-state index in [1.54, 1.807) is 24.6 Å². The molecule has 7 nitrogen and oxygen atoms in total. The van der Waals surface area contributed by atoms with Crippen molar-refractivity contribution in [2.75, 3.05) is 7.11 Å². The Morgan fingerprint density at radius 1 is 1.32 bits per heavy atom. The molecule has 3 aromatic heterocycles. The number of nitrogens with one attached hydrogen (secondary N) is 2. The number of hydrogen-bond donors (Lipinski definition) is 3. The lowest BCUT2D eigenvalue weighted by atomic mass is 9.97. The van der Waals surface area contributed by atoms with Crippen molar-refractivity contribution < 1.29 is 13.5 Å². The second-order valence-electron chi connectivity index (χ2n) is 6.20. The Morgan fingerprint density at radius 2 is 2.18 bits per heavy atom. The maximum absolute atomic E-state index is 11.2. The van der Waals surface area contributed by atoms with Gasteiger partial charge in [-0.2, -0.15) is 5.10 Å². The molecule has 4 rings (SSSR count). The summed E-state index contributed by atoms with van der Waals surface area (Å²) in [4.78, 5) is 6.61. The lowest BCUT2D eigenvalue weighted by Gasteiger charge is -2.10. The Bertz CT molecular complexity index is 1160. The number of nitrogens with zero attached hydrogens (tertiary/aromatic N) is 2. The summed E-state index contributed by atoms with van der Waals surface area (Å²) >= 11 is -0.522. The summed E-state index contributed by atoms with van der Waals surface area (Å²) in [5.41, 5.74) is 4.72. The molecule has 0 radical (unpaired) electrons. The van der Waals surface area contributed by atoms with Crippen molar-refractivity contribution in [1.29, 1.82) is 0 Å². The van der Waals surface area contributed by atoms with Gasteiger partial charge in [-0.3, -0.25) is 9.65 Å². The Labute approximate surface area is 168 Å². The number of hydrogen-bond acceptors (Lipinski definition) is 5. The van der Waals surface area contributed by atoms with Gasteiger partial charge in [-0.15, -0.1) is 11.3 Å². The number of aromatic nitrogens is 3. The lowest BCUT2D eigenvalue weighted by molar-refractivity contribution is 0.415. The van der Waals surface area contributed by atoms with Crippen LogP contribution in [0.25, 0.3) is 31.8 Å². The summed E-state index contributed by atoms with van der Waals surface area (Å²) in [5, 5.41) is 7.91. The van der Waals surface area contributed by atoms with Crippen LogP contribution in [0.5, 0.6) is 5.75 Å². The van der Waals surface area contributed by atoms with Crippen molar-refractivity contribution >= 4 is 32.8 Å². The monoisotopic (exact) mass is 414 g/mol. The average molecular weight is 415 g/mol. The summed E-state index contributed by atoms with van der Waals surface area (Å²) in [6.45, 7) is 2.17. The van der Waals surface area contributed by atoms with Gasteiger partial charge in [-0.05, 0) is 36.2 Å². The third kappa shape index (κ3) is 3.57. The minimum absolute atomic E-state index is 0.251. The fourth-order valence-electron chi connectivity index (χ4n) is 3.22. The van der Waals surface area contributed by atoms with E-state index in [1.807, 2.05) is 43.5 Å². The Hall–Kier alpha value is -2.59. The van der Waals surface area contributed by atoms with Crippen molar-refractivity contribution in [2.24, 2.45) is 0 Å². The summed E-state index contributed by atoms with van der Waals surface area (Å²) in [5.74, 6) is 0.756. The molecule has 0 amide bonds. The van der Waals surface area contributed by atoms with Gasteiger partial charge in [0.1, 0.15) is 10.6 Å². The maximum Gasteiger partial charge on any atom is 0.232 e. The number of rotatable bonds is 6. The number of fused-ring (bicyclic) bond motifs is 1. The predicted octanol–water partition coefficient (Wildman–Crippen LogP) is 3.90. The van der Waals surface area contributed by atoms with Crippen LogP contribution in [0.3, 0.4) is 0 Å². The second-order valence-corrected chi connectivity index (χ2v) is 7.98. The van der Waals surface area contributed by atoms with Gasteiger partial charge in [0.05, 0.1) is 13.3 Å². The van der Waals surface area contributed by atoms with E-state index in [0.717, 1.165) is 48.8 Å². The Balaban J connectivity index is 2.03. The largest absolute Gasteiger partial charge is 0.497 e. The summed E-state index contributed by atoms with van der Waals surface area (Å²) in [7, 11) is 1.64. The topological polar surface area (TPSA) is 100 Å². The van der Waals surface area contributed by atoms with Crippen LogP contribution < -0.4 is 9.46 Å². The maximum atomic E-state index is 11.2. The number of methoxy groups -OCH3 is 1. The molecule has 0 aliphatic heterocycles. The fraction of sp³-hybridized carbons (Fsp3) is 0.158. The molecular formula is C19H18N4O3S2. The Kier molecular flexibility index (Phi) is 5.23. The van der Waals surface area contributed by atoms with Gasteiger partial charge in [0.25, 0.3) is 0 Å². The fourth-order valence-corrected chi connectivity index (χ4v) is 4.77. The molecule has 28 heavy (non-hydrogen) atoms. The molecule has 3 N–H and O–H groups in total. The molecule has 1 atom stereocenters. The molecule has 1 aromatic carbocycles. The zero-order valence-electron chi connectivity index (χ0n) is 15.2. The molecule has 3 heterocycles. The highest BCUT2D eigenvalue weighted by Crippen LogP contribution is 2.45. The number of thiophene rings is 1. The Morgan fingerprint density at radius 3 is 2.89 bits per heavy atom. The van der Waals surface area contributed by atoms with E-state index < -0.39 is 11.3 Å². The molecule has 144 valence electrons. The number of aryl methyl sites for hydroxylation is 1. The van der Waals surface area contributed by atoms with Gasteiger partial charge >= 0.3 is 0 Å². The highest BCUT2D eigenvalue weighted by molar-refractivity contribution is 7.77. The number of benzene rings is 1. The highest BCUT2D eigenvalue weighted by atomic mass is 32.2. The van der Waals surface area contributed by atoms with E-state index in [0.29, 0.717) is 0 Å². The first kappa shape index (κ1) is 18.8. The first-order valence-electron chi connectivity index (χ1n) is 8.47. The van der Waals surface area contributed by atoms with Crippen LogP contribution in [0.15, 0.2) is 42.7 Å². The zero-order valence-corrected chi connectivity index (χ0v) is 16.9. The van der Waals surface area contributed by atoms with Crippen molar-refractivity contribution in [3.05, 3.63) is 54.0 Å². The standard InChI is InChI=1S/C19H18N4O3S2/c1-11-6-13(10-22-28(24)25)17-16(12-4-3-5-15(7-12)26-2)18(27-19(17)23-11)14-8-20-21-9-14/h3-9,22H,10H2,1-2H3,(H,20,21)(H,24,25). The summed E-state index contributed by atoms with van der Waals surface area (Å²) in [6.07, 6.45) is 3.63. The van der Waals surface area contributed by atoms with E-state index in [4.69, 9.17) is 9.72 Å². The van der Waals surface area contributed by atoms with Crippen LogP contribution in [0.4, 0.5) is 0 Å². The SMILES string of the molecule is COc1cccc(-c2c(-c3cn[nH]c3)sc3nc(C)cc(CNS(=O)O)c23)c1. The van der Waals surface area contributed by atoms with Crippen molar-refractivity contribution in [3.8, 4) is 27.3 Å². The van der Waals surface area contributed by atoms with Crippen molar-refractivity contribution in [3.63, 3.8) is 0 Å². The van der Waals surface area contributed by atoms with Gasteiger partial charge in [0.2, 0.25) is 11.3 Å². The van der Waals surface area contributed by atoms with Crippen LogP contribution >= 0.6 is 11.3 Å². The van der Waals surface area contributed by atoms with Crippen LogP contribution in [-0.2, 0) is 17.8 Å². The van der Waals surface area contributed by atoms with E-state index in [9.17, 15) is 8.76 Å². The predicted molar refractivity (Wildman–Crippen MR) is 112 cm³/mol. The average Bonchev–Trinajstić information content (AvgIpc) is 3.33. The third-order valence-electron chi connectivity index (χ3n) is 4.38. The number of ether oxygens (including phenoxy) is 1. The van der Waals surface area contributed by atoms with Gasteiger partial charge in [0.15, 0.2) is 0 Å². The smallest absolute Gasteiger partial charge is 0.232 e. The van der Waals surface area contributed by atoms with E-state index >= 15 is 0 Å². The first-order chi connectivity index (χ1) is 13.6. The number of H-pyrrole nitrogens is 1. The molecule has 9 heteroatoms. The lowest BCUT2D eigenvalue weighted by Crippen LogP contribution is -2.15. The van der Waals surface area contributed by atoms with E-state index in [1.165, 1.54) is 0 Å².